The number of nitrogens with zero attached hydrogens (tertiary/aromatic N) is 6. The van der Waals surface area contributed by atoms with E-state index < -0.39 is 23.9 Å². The molecule has 0 bridgehead atoms. The third kappa shape index (κ3) is 5.78. The molecule has 1 aliphatic carbocycles. The van der Waals surface area contributed by atoms with Crippen LogP contribution in [0.3, 0.4) is 0 Å². The molecule has 4 rings (SSSR count). The van der Waals surface area contributed by atoms with Crippen LogP contribution in [0.2, 0.25) is 0 Å². The van der Waals surface area contributed by atoms with Crippen molar-refractivity contribution in [2.75, 3.05) is 12.4 Å². The molecule has 198 valence electrons. The number of rotatable bonds is 9. The molecule has 2 N–H and O–H groups in total. The van der Waals surface area contributed by atoms with Crippen LogP contribution in [0.5, 0.6) is 5.88 Å². The third-order valence-corrected chi connectivity index (χ3v) is 6.78. The zero-order valence-electron chi connectivity index (χ0n) is 21.5. The summed E-state index contributed by atoms with van der Waals surface area (Å²) in [6.45, 7) is 5.66. The summed E-state index contributed by atoms with van der Waals surface area (Å²) in [5, 5.41) is 21.5. The minimum Gasteiger partial charge on any atom is -0.480 e. The molecule has 0 aromatic carbocycles. The summed E-state index contributed by atoms with van der Waals surface area (Å²) >= 11 is 0. The minimum atomic E-state index is -0.826. The van der Waals surface area contributed by atoms with E-state index in [1.165, 1.54) is 24.2 Å². The van der Waals surface area contributed by atoms with Crippen molar-refractivity contribution >= 4 is 17.5 Å². The number of amides is 2. The maximum Gasteiger partial charge on any atom is 0.270 e. The Morgan fingerprint density at radius 2 is 1.89 bits per heavy atom. The number of anilines is 1. The number of methoxy groups -OCH3 is 1. The molecule has 1 aliphatic rings. The van der Waals surface area contributed by atoms with E-state index in [1.54, 1.807) is 29.9 Å². The first-order valence-electron chi connectivity index (χ1n) is 12.6. The topological polar surface area (TPSA) is 129 Å². The Morgan fingerprint density at radius 3 is 2.59 bits per heavy atom. The molecule has 3 aromatic heterocycles. The molecular formula is C25H33FN8O3. The van der Waals surface area contributed by atoms with E-state index in [-0.39, 0.29) is 23.6 Å². The Labute approximate surface area is 214 Å². The van der Waals surface area contributed by atoms with Crippen LogP contribution in [0.4, 0.5) is 10.1 Å². The van der Waals surface area contributed by atoms with Crippen molar-refractivity contribution in [3.05, 3.63) is 47.9 Å². The molecule has 2 amide bonds. The highest BCUT2D eigenvalue weighted by Gasteiger charge is 2.33. The molecule has 2 unspecified atom stereocenters. The van der Waals surface area contributed by atoms with Crippen molar-refractivity contribution in [2.24, 2.45) is 5.92 Å². The number of hydrogen-bond acceptors (Lipinski definition) is 7. The van der Waals surface area contributed by atoms with Gasteiger partial charge in [0.2, 0.25) is 11.8 Å². The average molecular weight is 513 g/mol. The zero-order chi connectivity index (χ0) is 26.5. The molecule has 1 saturated carbocycles. The summed E-state index contributed by atoms with van der Waals surface area (Å²) in [6, 6.07) is 2.06. The Balaban J connectivity index is 1.55. The number of carbonyl (C=O) groups is 2. The van der Waals surface area contributed by atoms with Gasteiger partial charge in [-0.3, -0.25) is 19.0 Å². The third-order valence-electron chi connectivity index (χ3n) is 6.78. The second-order valence-electron chi connectivity index (χ2n) is 9.58. The summed E-state index contributed by atoms with van der Waals surface area (Å²) in [7, 11) is 1.48. The number of aromatic nitrogens is 6. The van der Waals surface area contributed by atoms with Gasteiger partial charge in [-0.2, -0.15) is 14.6 Å². The van der Waals surface area contributed by atoms with Gasteiger partial charge in [0.05, 0.1) is 25.5 Å². The molecule has 0 aliphatic heterocycles. The van der Waals surface area contributed by atoms with Crippen molar-refractivity contribution in [2.45, 2.75) is 71.0 Å². The van der Waals surface area contributed by atoms with Crippen LogP contribution in [0.15, 0.2) is 30.7 Å². The predicted molar refractivity (Wildman–Crippen MR) is 134 cm³/mol. The summed E-state index contributed by atoms with van der Waals surface area (Å²) in [5.41, 5.74) is 0.962. The first-order chi connectivity index (χ1) is 17.8. The van der Waals surface area contributed by atoms with Gasteiger partial charge in [0, 0.05) is 17.8 Å². The summed E-state index contributed by atoms with van der Waals surface area (Å²) in [6.07, 6.45) is 9.13. The molecule has 1 fully saturated rings. The molecule has 37 heavy (non-hydrogen) atoms. The van der Waals surface area contributed by atoms with Gasteiger partial charge in [0.15, 0.2) is 0 Å². The van der Waals surface area contributed by atoms with Crippen LogP contribution in [0.25, 0.3) is 0 Å². The molecule has 12 heteroatoms. The lowest BCUT2D eigenvalue weighted by Crippen LogP contribution is -2.49. The van der Waals surface area contributed by atoms with E-state index in [4.69, 9.17) is 4.74 Å². The number of halogens is 1. The molecular weight excluding hydrogens is 479 g/mol. The molecule has 11 nitrogen and oxygen atoms in total. The maximum absolute atomic E-state index is 14.9. The van der Waals surface area contributed by atoms with Crippen LogP contribution < -0.4 is 15.4 Å². The second-order valence-corrected chi connectivity index (χ2v) is 9.58. The van der Waals surface area contributed by atoms with Gasteiger partial charge in [-0.15, -0.1) is 10.2 Å². The highest BCUT2D eigenvalue weighted by molar-refractivity contribution is 6.00. The van der Waals surface area contributed by atoms with Crippen molar-refractivity contribution < 1.29 is 18.7 Å². The van der Waals surface area contributed by atoms with Gasteiger partial charge in [-0.05, 0) is 51.7 Å². The standard InChI is InChI=1S/C25H33FN8O3/c1-15(2)34-20(11-13-28-34)23(35)30-21(17-8-6-5-7-9-17)24(36)29-19-14-33(32-22(19)26)16(3)18-10-12-27-31-25(18)37-4/h10-17,21H,5-9H2,1-4H3,(H,29,36)(H,30,35). The van der Waals surface area contributed by atoms with Crippen molar-refractivity contribution in [3.63, 3.8) is 0 Å². The molecule has 0 spiro atoms. The molecule has 3 aromatic rings. The molecule has 2 atom stereocenters. The van der Waals surface area contributed by atoms with Gasteiger partial charge in [0.25, 0.3) is 11.9 Å². The summed E-state index contributed by atoms with van der Waals surface area (Å²) < 4.78 is 23.1. The van der Waals surface area contributed by atoms with Gasteiger partial charge in [0.1, 0.15) is 17.4 Å². The molecule has 3 heterocycles. The average Bonchev–Trinajstić information content (AvgIpc) is 3.54. The number of hydrogen-bond donors (Lipinski definition) is 2. The van der Waals surface area contributed by atoms with E-state index in [1.807, 2.05) is 13.8 Å². The zero-order valence-corrected chi connectivity index (χ0v) is 21.5. The maximum atomic E-state index is 14.9. The van der Waals surface area contributed by atoms with E-state index in [2.05, 4.69) is 31.0 Å². The van der Waals surface area contributed by atoms with E-state index in [0.717, 1.165) is 32.1 Å². The van der Waals surface area contributed by atoms with Gasteiger partial charge in [-0.1, -0.05) is 19.3 Å². The van der Waals surface area contributed by atoms with E-state index in [9.17, 15) is 14.0 Å². The van der Waals surface area contributed by atoms with Crippen LogP contribution in [-0.4, -0.2) is 54.7 Å². The molecule has 0 radical (unpaired) electrons. The van der Waals surface area contributed by atoms with Gasteiger partial charge in [-0.25, -0.2) is 0 Å². The van der Waals surface area contributed by atoms with Crippen molar-refractivity contribution in [1.82, 2.24) is 35.1 Å². The highest BCUT2D eigenvalue weighted by Crippen LogP contribution is 2.29. The Kier molecular flexibility index (Phi) is 8.14. The number of ether oxygens (including phenoxy) is 1. The van der Waals surface area contributed by atoms with Crippen molar-refractivity contribution in [3.8, 4) is 5.88 Å². The fraction of sp³-hybridized carbons (Fsp3) is 0.520. The fourth-order valence-electron chi connectivity index (χ4n) is 4.80. The van der Waals surface area contributed by atoms with Gasteiger partial charge < -0.3 is 15.4 Å². The summed E-state index contributed by atoms with van der Waals surface area (Å²) in [4.78, 5) is 26.6. The minimum absolute atomic E-state index is 0.0196. The molecule has 0 saturated heterocycles. The SMILES string of the molecule is COc1nnccc1C(C)n1cc(NC(=O)C(NC(=O)c2ccnn2C(C)C)C2CCCCC2)c(F)n1. The number of carbonyl (C=O) groups excluding carboxylic acids is 2. The highest BCUT2D eigenvalue weighted by atomic mass is 19.1. The van der Waals surface area contributed by atoms with Gasteiger partial charge >= 0.3 is 0 Å². The smallest absolute Gasteiger partial charge is 0.270 e. The van der Waals surface area contributed by atoms with Crippen LogP contribution in [0.1, 0.15) is 81.0 Å². The Morgan fingerprint density at radius 1 is 1.14 bits per heavy atom. The first-order valence-corrected chi connectivity index (χ1v) is 12.6. The van der Waals surface area contributed by atoms with Crippen LogP contribution in [0, 0.1) is 11.9 Å². The first kappa shape index (κ1) is 26.2. The number of nitrogens with one attached hydrogen (secondary N) is 2. The lowest BCUT2D eigenvalue weighted by molar-refractivity contribution is -0.119. The second kappa shape index (κ2) is 11.5. The summed E-state index contributed by atoms with van der Waals surface area (Å²) in [5.74, 6) is -1.45. The monoisotopic (exact) mass is 512 g/mol. The Hall–Kier alpha value is -3.83. The quantitative estimate of drug-likeness (QED) is 0.449. The van der Waals surface area contributed by atoms with E-state index in [0.29, 0.717) is 17.1 Å². The largest absolute Gasteiger partial charge is 0.480 e. The normalized spacial score (nSPS) is 15.8. The van der Waals surface area contributed by atoms with E-state index >= 15 is 0 Å². The lowest BCUT2D eigenvalue weighted by atomic mass is 9.83. The van der Waals surface area contributed by atoms with Crippen LogP contribution in [-0.2, 0) is 4.79 Å². The predicted octanol–water partition coefficient (Wildman–Crippen LogP) is 3.52. The van der Waals surface area contributed by atoms with Crippen molar-refractivity contribution in [1.29, 1.82) is 0 Å². The lowest BCUT2D eigenvalue weighted by Gasteiger charge is -2.30. The fourth-order valence-corrected chi connectivity index (χ4v) is 4.80. The van der Waals surface area contributed by atoms with Crippen LogP contribution >= 0.6 is 0 Å². The Bertz CT molecular complexity index is 1230.